The van der Waals surface area contributed by atoms with Crippen LogP contribution >= 0.6 is 0 Å². The monoisotopic (exact) mass is 289 g/mol. The van der Waals surface area contributed by atoms with Gasteiger partial charge in [0.2, 0.25) is 0 Å². The van der Waals surface area contributed by atoms with Crippen molar-refractivity contribution in [2.45, 2.75) is 39.8 Å². The Morgan fingerprint density at radius 1 is 1.43 bits per heavy atom. The third-order valence-corrected chi connectivity index (χ3v) is 3.60. The van der Waals surface area contributed by atoms with Gasteiger partial charge in [-0.3, -0.25) is 10.1 Å². The average molecular weight is 289 g/mol. The Bertz CT molecular complexity index is 617. The summed E-state index contributed by atoms with van der Waals surface area (Å²) in [7, 11) is 0. The van der Waals surface area contributed by atoms with Crippen molar-refractivity contribution >= 4 is 5.69 Å². The maximum atomic E-state index is 10.9. The van der Waals surface area contributed by atoms with Crippen LogP contribution in [0, 0.1) is 24.0 Å². The highest BCUT2D eigenvalue weighted by Crippen LogP contribution is 2.22. The van der Waals surface area contributed by atoms with E-state index in [-0.39, 0.29) is 16.7 Å². The van der Waals surface area contributed by atoms with Crippen LogP contribution < -0.4 is 5.32 Å². The summed E-state index contributed by atoms with van der Waals surface area (Å²) in [5.41, 5.74) is 2.94. The molecule has 0 bridgehead atoms. The predicted molar refractivity (Wildman–Crippen MR) is 78.9 cm³/mol. The van der Waals surface area contributed by atoms with Gasteiger partial charge in [-0.15, -0.1) is 0 Å². The minimum absolute atomic E-state index is 0.0543. The van der Waals surface area contributed by atoms with E-state index in [1.54, 1.807) is 12.1 Å². The first-order valence-electron chi connectivity index (χ1n) is 6.92. The smallest absolute Gasteiger partial charge is 0.269 e. The second kappa shape index (κ2) is 6.49. The number of nitrogens with one attached hydrogen (secondary N) is 1. The molecule has 1 atom stereocenters. The molecule has 1 N–H and O–H groups in total. The number of hydrogen-bond acceptors (Lipinski definition) is 5. The van der Waals surface area contributed by atoms with Crippen molar-refractivity contribution < 1.29 is 9.45 Å². The molecule has 1 aromatic carbocycles. The van der Waals surface area contributed by atoms with Crippen LogP contribution in [0.1, 0.15) is 42.0 Å². The molecule has 0 spiro atoms. The fourth-order valence-corrected chi connectivity index (χ4v) is 2.33. The number of rotatable bonds is 6. The highest BCUT2D eigenvalue weighted by molar-refractivity contribution is 5.36. The van der Waals surface area contributed by atoms with Gasteiger partial charge in [0.15, 0.2) is 0 Å². The lowest BCUT2D eigenvalue weighted by Crippen LogP contribution is -2.21. The summed E-state index contributed by atoms with van der Waals surface area (Å²) in [6.07, 6.45) is 0.838. The van der Waals surface area contributed by atoms with Crippen LogP contribution in [-0.2, 0) is 6.54 Å². The van der Waals surface area contributed by atoms with Crippen LogP contribution in [0.15, 0.2) is 28.8 Å². The van der Waals surface area contributed by atoms with Crippen LogP contribution in [0.25, 0.3) is 0 Å². The maximum absolute atomic E-state index is 10.9. The van der Waals surface area contributed by atoms with Crippen molar-refractivity contribution in [1.29, 1.82) is 0 Å². The molecule has 21 heavy (non-hydrogen) atoms. The standard InChI is InChI=1S/C15H19N3O3/c1-4-15(12-6-5-7-13(8-12)18(19)20)16-9-14-10(2)17-21-11(14)3/h5-8,15-16H,4,9H2,1-3H3. The van der Waals surface area contributed by atoms with E-state index in [1.807, 2.05) is 26.8 Å². The summed E-state index contributed by atoms with van der Waals surface area (Å²) in [5.74, 6) is 0.800. The molecule has 1 heterocycles. The summed E-state index contributed by atoms with van der Waals surface area (Å²) in [5, 5.41) is 18.2. The Kier molecular flexibility index (Phi) is 4.70. The van der Waals surface area contributed by atoms with Crippen LogP contribution in [0.3, 0.4) is 0 Å². The van der Waals surface area contributed by atoms with Gasteiger partial charge in [0, 0.05) is 30.3 Å². The maximum Gasteiger partial charge on any atom is 0.269 e. The largest absolute Gasteiger partial charge is 0.361 e. The molecular formula is C15H19N3O3. The quantitative estimate of drug-likeness (QED) is 0.650. The summed E-state index contributed by atoms with van der Waals surface area (Å²) in [4.78, 5) is 10.5. The molecule has 2 rings (SSSR count). The third kappa shape index (κ3) is 3.46. The van der Waals surface area contributed by atoms with E-state index in [9.17, 15) is 10.1 Å². The van der Waals surface area contributed by atoms with Gasteiger partial charge in [-0.1, -0.05) is 24.2 Å². The minimum atomic E-state index is -0.371. The highest BCUT2D eigenvalue weighted by atomic mass is 16.6. The first kappa shape index (κ1) is 15.2. The number of non-ortho nitro benzene ring substituents is 1. The van der Waals surface area contributed by atoms with E-state index in [0.717, 1.165) is 29.0 Å². The second-order valence-corrected chi connectivity index (χ2v) is 5.00. The van der Waals surface area contributed by atoms with Crippen molar-refractivity contribution in [3.05, 3.63) is 57.0 Å². The molecule has 112 valence electrons. The summed E-state index contributed by atoms with van der Waals surface area (Å²) in [6.45, 7) is 6.46. The minimum Gasteiger partial charge on any atom is -0.361 e. The number of nitrogens with zero attached hydrogens (tertiary/aromatic N) is 2. The number of hydrogen-bond donors (Lipinski definition) is 1. The third-order valence-electron chi connectivity index (χ3n) is 3.60. The number of nitro benzene ring substituents is 1. The first-order chi connectivity index (χ1) is 10.0. The molecule has 0 aliphatic heterocycles. The van der Waals surface area contributed by atoms with Crippen molar-refractivity contribution in [3.8, 4) is 0 Å². The van der Waals surface area contributed by atoms with Gasteiger partial charge in [-0.05, 0) is 25.8 Å². The second-order valence-electron chi connectivity index (χ2n) is 5.00. The summed E-state index contributed by atoms with van der Waals surface area (Å²) < 4.78 is 5.14. The normalized spacial score (nSPS) is 12.3. The van der Waals surface area contributed by atoms with Crippen LogP contribution in [0.2, 0.25) is 0 Å². The van der Waals surface area contributed by atoms with E-state index in [1.165, 1.54) is 6.07 Å². The molecule has 6 heteroatoms. The lowest BCUT2D eigenvalue weighted by Gasteiger charge is -2.17. The van der Waals surface area contributed by atoms with Crippen molar-refractivity contribution in [2.24, 2.45) is 0 Å². The van der Waals surface area contributed by atoms with Crippen LogP contribution in [0.4, 0.5) is 5.69 Å². The van der Waals surface area contributed by atoms with Crippen LogP contribution in [-0.4, -0.2) is 10.1 Å². The zero-order valence-electron chi connectivity index (χ0n) is 12.4. The molecule has 0 amide bonds. The fourth-order valence-electron chi connectivity index (χ4n) is 2.33. The number of aromatic nitrogens is 1. The summed E-state index contributed by atoms with van der Waals surface area (Å²) >= 11 is 0. The number of benzene rings is 1. The molecule has 2 aromatic rings. The molecule has 0 fully saturated rings. The Hall–Kier alpha value is -2.21. The Balaban J connectivity index is 2.13. The first-order valence-corrected chi connectivity index (χ1v) is 6.92. The van der Waals surface area contributed by atoms with Crippen molar-refractivity contribution in [2.75, 3.05) is 0 Å². The molecule has 0 saturated carbocycles. The molecule has 1 aromatic heterocycles. The zero-order chi connectivity index (χ0) is 15.4. The molecule has 0 aliphatic rings. The SMILES string of the molecule is CCC(NCc1c(C)noc1C)c1cccc([N+](=O)[O-])c1. The topological polar surface area (TPSA) is 81.2 Å². The predicted octanol–water partition coefficient (Wildman–Crippen LogP) is 3.44. The van der Waals surface area contributed by atoms with Gasteiger partial charge in [-0.2, -0.15) is 0 Å². The lowest BCUT2D eigenvalue weighted by molar-refractivity contribution is -0.384. The van der Waals surface area contributed by atoms with Gasteiger partial charge in [0.25, 0.3) is 5.69 Å². The Morgan fingerprint density at radius 2 is 2.19 bits per heavy atom. The molecule has 6 nitrogen and oxygen atoms in total. The number of nitro groups is 1. The zero-order valence-corrected chi connectivity index (χ0v) is 12.4. The van der Waals surface area contributed by atoms with Gasteiger partial charge in [0.1, 0.15) is 5.76 Å². The Labute approximate surface area is 123 Å². The van der Waals surface area contributed by atoms with Crippen molar-refractivity contribution in [3.63, 3.8) is 0 Å². The van der Waals surface area contributed by atoms with Crippen LogP contribution in [0.5, 0.6) is 0 Å². The molecule has 0 saturated heterocycles. The lowest BCUT2D eigenvalue weighted by atomic mass is 10.0. The van der Waals surface area contributed by atoms with Gasteiger partial charge < -0.3 is 9.84 Å². The van der Waals surface area contributed by atoms with Gasteiger partial charge >= 0.3 is 0 Å². The highest BCUT2D eigenvalue weighted by Gasteiger charge is 2.15. The van der Waals surface area contributed by atoms with Crippen molar-refractivity contribution in [1.82, 2.24) is 10.5 Å². The van der Waals surface area contributed by atoms with E-state index < -0.39 is 0 Å². The van der Waals surface area contributed by atoms with Gasteiger partial charge in [-0.25, -0.2) is 0 Å². The van der Waals surface area contributed by atoms with Gasteiger partial charge in [0.05, 0.1) is 10.6 Å². The Morgan fingerprint density at radius 3 is 2.76 bits per heavy atom. The van der Waals surface area contributed by atoms with E-state index in [0.29, 0.717) is 6.54 Å². The van der Waals surface area contributed by atoms with E-state index in [4.69, 9.17) is 4.52 Å². The average Bonchev–Trinajstić information content (AvgIpc) is 2.79. The molecule has 1 unspecified atom stereocenters. The van der Waals surface area contributed by atoms with E-state index in [2.05, 4.69) is 10.5 Å². The summed E-state index contributed by atoms with van der Waals surface area (Å²) in [6, 6.07) is 6.80. The molecule has 0 aliphatic carbocycles. The molecular weight excluding hydrogens is 270 g/mol. The fraction of sp³-hybridized carbons (Fsp3) is 0.400. The van der Waals surface area contributed by atoms with E-state index >= 15 is 0 Å². The number of aryl methyl sites for hydroxylation is 2. The molecule has 0 radical (unpaired) electrons.